The normalized spacial score (nSPS) is 28.2. The molecule has 0 spiro atoms. The van der Waals surface area contributed by atoms with Crippen LogP contribution in [0, 0.1) is 5.92 Å². The number of hydrogen-bond donors (Lipinski definition) is 2. The number of nitrogens with one attached hydrogen (secondary N) is 2. The molecule has 0 aliphatic carbocycles. The molecule has 2 rings (SSSR count). The third kappa shape index (κ3) is 3.20. The highest BCUT2D eigenvalue weighted by Gasteiger charge is 2.29. The Kier molecular flexibility index (Phi) is 4.96. The molecule has 2 heterocycles. The molecule has 0 saturated carbocycles. The average molecular weight is 260 g/mol. The van der Waals surface area contributed by atoms with Crippen LogP contribution >= 0.6 is 12.4 Å². The van der Waals surface area contributed by atoms with Gasteiger partial charge < -0.3 is 15.2 Å². The van der Waals surface area contributed by atoms with Gasteiger partial charge in [0, 0.05) is 18.2 Å². The van der Waals surface area contributed by atoms with Gasteiger partial charge in [0.05, 0.1) is 0 Å². The fourth-order valence-electron chi connectivity index (χ4n) is 2.16. The van der Waals surface area contributed by atoms with Crippen LogP contribution in [0.15, 0.2) is 16.9 Å². The molecule has 5 nitrogen and oxygen atoms in total. The summed E-state index contributed by atoms with van der Waals surface area (Å²) in [5, 5.41) is 9.98. The summed E-state index contributed by atoms with van der Waals surface area (Å²) in [6.45, 7) is 5.26. The van der Waals surface area contributed by atoms with E-state index in [2.05, 4.69) is 34.2 Å². The number of nitrogens with zero attached hydrogens (tertiary/aromatic N) is 1. The standard InChI is InChI=1S/C11H17N3O2.ClH/c1-7-3-5-12-8(2)10(7)13-11(15)9-4-6-16-14-9;/h4,6-8,10,12H,3,5H2,1-2H3,(H,13,15);1H. The van der Waals surface area contributed by atoms with Crippen LogP contribution in [-0.2, 0) is 0 Å². The first kappa shape index (κ1) is 14.0. The van der Waals surface area contributed by atoms with Gasteiger partial charge >= 0.3 is 0 Å². The van der Waals surface area contributed by atoms with Gasteiger partial charge in [-0.15, -0.1) is 12.4 Å². The van der Waals surface area contributed by atoms with E-state index in [9.17, 15) is 4.79 Å². The number of piperidine rings is 1. The molecule has 6 heteroatoms. The summed E-state index contributed by atoms with van der Waals surface area (Å²) in [4.78, 5) is 11.8. The van der Waals surface area contributed by atoms with Crippen LogP contribution in [0.5, 0.6) is 0 Å². The largest absolute Gasteiger partial charge is 0.364 e. The van der Waals surface area contributed by atoms with Crippen LogP contribution in [0.2, 0.25) is 0 Å². The Morgan fingerprint density at radius 1 is 1.59 bits per heavy atom. The molecule has 0 radical (unpaired) electrons. The van der Waals surface area contributed by atoms with Crippen molar-refractivity contribution in [3.8, 4) is 0 Å². The van der Waals surface area contributed by atoms with Gasteiger partial charge in [0.25, 0.3) is 5.91 Å². The first-order valence-corrected chi connectivity index (χ1v) is 5.63. The number of hydrogen-bond acceptors (Lipinski definition) is 4. The van der Waals surface area contributed by atoms with E-state index in [0.717, 1.165) is 13.0 Å². The van der Waals surface area contributed by atoms with Crippen LogP contribution < -0.4 is 10.6 Å². The molecule has 3 unspecified atom stereocenters. The Bertz CT molecular complexity index is 346. The number of aromatic nitrogens is 1. The van der Waals surface area contributed by atoms with Gasteiger partial charge in [-0.05, 0) is 25.8 Å². The molecule has 1 amide bonds. The van der Waals surface area contributed by atoms with E-state index in [0.29, 0.717) is 17.7 Å². The van der Waals surface area contributed by atoms with E-state index in [1.165, 1.54) is 6.26 Å². The summed E-state index contributed by atoms with van der Waals surface area (Å²) < 4.78 is 4.65. The maximum Gasteiger partial charge on any atom is 0.273 e. The number of halogens is 1. The predicted molar refractivity (Wildman–Crippen MR) is 66.3 cm³/mol. The van der Waals surface area contributed by atoms with Crippen LogP contribution in [0.1, 0.15) is 30.8 Å². The molecule has 2 N–H and O–H groups in total. The van der Waals surface area contributed by atoms with Crippen molar-refractivity contribution >= 4 is 18.3 Å². The summed E-state index contributed by atoms with van der Waals surface area (Å²) in [5.74, 6) is 0.313. The topological polar surface area (TPSA) is 67.2 Å². The minimum Gasteiger partial charge on any atom is -0.364 e. The number of carbonyl (C=O) groups excluding carboxylic acids is 1. The highest BCUT2D eigenvalue weighted by molar-refractivity contribution is 5.92. The van der Waals surface area contributed by atoms with Gasteiger partial charge in [0.15, 0.2) is 5.69 Å². The fraction of sp³-hybridized carbons (Fsp3) is 0.636. The highest BCUT2D eigenvalue weighted by atomic mass is 35.5. The lowest BCUT2D eigenvalue weighted by Crippen LogP contribution is -2.55. The van der Waals surface area contributed by atoms with Crippen molar-refractivity contribution < 1.29 is 9.32 Å². The summed E-state index contributed by atoms with van der Waals surface area (Å²) in [6, 6.07) is 2.01. The minimum absolute atomic E-state index is 0. The Hall–Kier alpha value is -1.07. The van der Waals surface area contributed by atoms with E-state index < -0.39 is 0 Å². The molecule has 1 aliphatic rings. The van der Waals surface area contributed by atoms with E-state index in [1.54, 1.807) is 6.07 Å². The molecule has 96 valence electrons. The third-order valence-corrected chi connectivity index (χ3v) is 3.19. The van der Waals surface area contributed by atoms with Crippen molar-refractivity contribution in [1.29, 1.82) is 0 Å². The van der Waals surface area contributed by atoms with Crippen molar-refractivity contribution in [3.05, 3.63) is 18.0 Å². The van der Waals surface area contributed by atoms with Crippen LogP contribution in [0.25, 0.3) is 0 Å². The van der Waals surface area contributed by atoms with Gasteiger partial charge in [-0.2, -0.15) is 0 Å². The second-order valence-electron chi connectivity index (χ2n) is 4.39. The van der Waals surface area contributed by atoms with Crippen LogP contribution in [0.4, 0.5) is 0 Å². The van der Waals surface area contributed by atoms with E-state index in [1.807, 2.05) is 0 Å². The van der Waals surface area contributed by atoms with E-state index in [4.69, 9.17) is 0 Å². The molecule has 1 aliphatic heterocycles. The number of carbonyl (C=O) groups is 1. The van der Waals surface area contributed by atoms with Gasteiger partial charge in [-0.1, -0.05) is 12.1 Å². The minimum atomic E-state index is -0.166. The Labute approximate surface area is 107 Å². The van der Waals surface area contributed by atoms with Gasteiger partial charge in [0.1, 0.15) is 6.26 Å². The summed E-state index contributed by atoms with van der Waals surface area (Å²) >= 11 is 0. The lowest BCUT2D eigenvalue weighted by atomic mass is 9.89. The number of amides is 1. The van der Waals surface area contributed by atoms with E-state index in [-0.39, 0.29) is 24.4 Å². The first-order chi connectivity index (χ1) is 7.68. The molecular formula is C11H18ClN3O2. The van der Waals surface area contributed by atoms with E-state index >= 15 is 0 Å². The lowest BCUT2D eigenvalue weighted by molar-refractivity contribution is 0.0888. The van der Waals surface area contributed by atoms with Crippen molar-refractivity contribution in [1.82, 2.24) is 15.8 Å². The summed E-state index contributed by atoms with van der Waals surface area (Å²) in [6.07, 6.45) is 2.48. The summed E-state index contributed by atoms with van der Waals surface area (Å²) in [7, 11) is 0. The Balaban J connectivity index is 0.00000144. The average Bonchev–Trinajstić information content (AvgIpc) is 2.76. The van der Waals surface area contributed by atoms with Crippen LogP contribution in [0.3, 0.4) is 0 Å². The molecule has 3 atom stereocenters. The molecule has 17 heavy (non-hydrogen) atoms. The zero-order chi connectivity index (χ0) is 11.5. The molecule has 0 aromatic carbocycles. The van der Waals surface area contributed by atoms with Crippen molar-refractivity contribution in [2.75, 3.05) is 6.54 Å². The zero-order valence-electron chi connectivity index (χ0n) is 9.97. The van der Waals surface area contributed by atoms with Gasteiger partial charge in [-0.3, -0.25) is 4.79 Å². The zero-order valence-corrected chi connectivity index (χ0v) is 10.8. The highest BCUT2D eigenvalue weighted by Crippen LogP contribution is 2.16. The smallest absolute Gasteiger partial charge is 0.273 e. The maximum atomic E-state index is 11.8. The second kappa shape index (κ2) is 6.02. The fourth-order valence-corrected chi connectivity index (χ4v) is 2.16. The molecule has 1 fully saturated rings. The first-order valence-electron chi connectivity index (χ1n) is 5.63. The summed E-state index contributed by atoms with van der Waals surface area (Å²) in [5.41, 5.74) is 0.338. The predicted octanol–water partition coefficient (Wildman–Crippen LogP) is 1.21. The maximum absolute atomic E-state index is 11.8. The SMILES string of the molecule is CC1CCNC(C)C1NC(=O)c1ccon1.Cl. The monoisotopic (exact) mass is 259 g/mol. The third-order valence-electron chi connectivity index (χ3n) is 3.19. The molecule has 0 bridgehead atoms. The van der Waals surface area contributed by atoms with Crippen molar-refractivity contribution in [2.24, 2.45) is 5.92 Å². The lowest BCUT2D eigenvalue weighted by Gasteiger charge is -2.35. The van der Waals surface area contributed by atoms with Crippen molar-refractivity contribution in [3.63, 3.8) is 0 Å². The molecule has 1 aromatic rings. The Morgan fingerprint density at radius 2 is 2.35 bits per heavy atom. The molecular weight excluding hydrogens is 242 g/mol. The number of rotatable bonds is 2. The van der Waals surface area contributed by atoms with Crippen molar-refractivity contribution in [2.45, 2.75) is 32.4 Å². The van der Waals surface area contributed by atoms with Crippen LogP contribution in [-0.4, -0.2) is 29.7 Å². The second-order valence-corrected chi connectivity index (χ2v) is 4.39. The molecule has 1 saturated heterocycles. The Morgan fingerprint density at radius 3 is 2.94 bits per heavy atom. The molecule has 1 aromatic heterocycles. The quantitative estimate of drug-likeness (QED) is 0.838. The van der Waals surface area contributed by atoms with Gasteiger partial charge in [-0.25, -0.2) is 0 Å². The van der Waals surface area contributed by atoms with Gasteiger partial charge in [0.2, 0.25) is 0 Å².